The van der Waals surface area contributed by atoms with Crippen molar-refractivity contribution in [2.45, 2.75) is 25.8 Å². The van der Waals surface area contributed by atoms with Gasteiger partial charge in [-0.1, -0.05) is 11.6 Å². The highest BCUT2D eigenvalue weighted by Gasteiger charge is 2.14. The number of hydrogen-bond donors (Lipinski definition) is 1. The number of aromatic nitrogens is 4. The highest BCUT2D eigenvalue weighted by molar-refractivity contribution is 6.30. The third kappa shape index (κ3) is 5.72. The number of carbonyl (C=O) groups is 1. The van der Waals surface area contributed by atoms with Crippen molar-refractivity contribution in [2.24, 2.45) is 5.73 Å². The molecule has 2 heterocycles. The van der Waals surface area contributed by atoms with Crippen LogP contribution in [0, 0.1) is 5.82 Å². The summed E-state index contributed by atoms with van der Waals surface area (Å²) >= 11 is 5.68. The molecule has 0 saturated carbocycles. The van der Waals surface area contributed by atoms with Gasteiger partial charge in [-0.15, -0.1) is 0 Å². The minimum atomic E-state index is -0.654. The Morgan fingerprint density at radius 3 is 2.76 bits per heavy atom. The van der Waals surface area contributed by atoms with Gasteiger partial charge in [-0.2, -0.15) is 15.0 Å². The van der Waals surface area contributed by atoms with Crippen LogP contribution in [0.15, 0.2) is 42.7 Å². The second kappa shape index (κ2) is 9.44. The molecule has 3 aromatic rings. The lowest BCUT2D eigenvalue weighted by atomic mass is 10.1. The van der Waals surface area contributed by atoms with E-state index in [1.165, 1.54) is 11.0 Å². The number of ether oxygens (including phenoxy) is 2. The van der Waals surface area contributed by atoms with Gasteiger partial charge in [0.05, 0.1) is 35.6 Å². The summed E-state index contributed by atoms with van der Waals surface area (Å²) in [6.07, 6.45) is 3.39. The van der Waals surface area contributed by atoms with E-state index in [0.717, 1.165) is 6.07 Å². The van der Waals surface area contributed by atoms with Crippen LogP contribution in [0.4, 0.5) is 4.39 Å². The van der Waals surface area contributed by atoms with Crippen LogP contribution >= 0.6 is 11.6 Å². The SMILES string of the molecule is CCOC(=O)C[C@H](N)Cc1cnn(-c2ccc(Oc3ncc(Cl)cc3F)cc2)n1. The largest absolute Gasteiger partial charge is 0.466 e. The molecule has 2 aromatic heterocycles. The molecule has 3 rings (SSSR count). The number of halogens is 2. The second-order valence-corrected chi connectivity index (χ2v) is 6.57. The fourth-order valence-corrected chi connectivity index (χ4v) is 2.67. The third-order valence-corrected chi connectivity index (χ3v) is 4.01. The number of rotatable bonds is 8. The predicted octanol–water partition coefficient (Wildman–Crippen LogP) is 3.07. The minimum absolute atomic E-state index is 0.113. The molecule has 0 aliphatic carbocycles. The topological polar surface area (TPSA) is 105 Å². The summed E-state index contributed by atoms with van der Waals surface area (Å²) in [6.45, 7) is 2.07. The standard InChI is InChI=1S/C19H19ClFN5O3/c1-2-28-18(27)9-13(22)8-14-11-24-26(25-14)15-3-5-16(6-4-15)29-19-17(21)7-12(20)10-23-19/h3-7,10-11,13H,2,8-9,22H2,1H3/t13-/m1/s1. The molecule has 1 atom stereocenters. The van der Waals surface area contributed by atoms with Crippen molar-refractivity contribution in [2.75, 3.05) is 6.61 Å². The Balaban J connectivity index is 1.62. The van der Waals surface area contributed by atoms with Crippen molar-refractivity contribution in [1.82, 2.24) is 20.0 Å². The van der Waals surface area contributed by atoms with E-state index in [4.69, 9.17) is 26.8 Å². The molecule has 0 bridgehead atoms. The summed E-state index contributed by atoms with van der Waals surface area (Å²) in [7, 11) is 0. The minimum Gasteiger partial charge on any atom is -0.466 e. The molecule has 0 aliphatic rings. The van der Waals surface area contributed by atoms with Gasteiger partial charge < -0.3 is 15.2 Å². The molecule has 0 unspecified atom stereocenters. The van der Waals surface area contributed by atoms with Crippen LogP contribution in [-0.4, -0.2) is 38.6 Å². The summed E-state index contributed by atoms with van der Waals surface area (Å²) in [5, 5.41) is 8.74. The normalized spacial score (nSPS) is 11.9. The highest BCUT2D eigenvalue weighted by atomic mass is 35.5. The Hall–Kier alpha value is -3.04. The molecular weight excluding hydrogens is 401 g/mol. The summed E-state index contributed by atoms with van der Waals surface area (Å²) in [5.41, 5.74) is 7.28. The highest BCUT2D eigenvalue weighted by Crippen LogP contribution is 2.24. The van der Waals surface area contributed by atoms with E-state index in [1.54, 1.807) is 37.4 Å². The maximum absolute atomic E-state index is 13.8. The summed E-state index contributed by atoms with van der Waals surface area (Å²) in [6, 6.07) is 7.43. The van der Waals surface area contributed by atoms with Crippen LogP contribution in [0.25, 0.3) is 5.69 Å². The van der Waals surface area contributed by atoms with Crippen LogP contribution in [-0.2, 0) is 16.0 Å². The Morgan fingerprint density at radius 2 is 2.07 bits per heavy atom. The van der Waals surface area contributed by atoms with E-state index in [-0.39, 0.29) is 23.3 Å². The van der Waals surface area contributed by atoms with Crippen LogP contribution in [0.1, 0.15) is 19.0 Å². The first-order valence-electron chi connectivity index (χ1n) is 8.86. The molecule has 1 aromatic carbocycles. The third-order valence-electron chi connectivity index (χ3n) is 3.80. The molecule has 0 aliphatic heterocycles. The Kier molecular flexibility index (Phi) is 6.73. The Labute approximate surface area is 171 Å². The average Bonchev–Trinajstić information content (AvgIpc) is 3.13. The fraction of sp³-hybridized carbons (Fsp3) is 0.263. The fourth-order valence-electron chi connectivity index (χ4n) is 2.52. The van der Waals surface area contributed by atoms with Crippen molar-refractivity contribution < 1.29 is 18.7 Å². The molecule has 0 radical (unpaired) electrons. The zero-order chi connectivity index (χ0) is 20.8. The van der Waals surface area contributed by atoms with E-state index < -0.39 is 11.9 Å². The molecule has 0 spiro atoms. The van der Waals surface area contributed by atoms with Crippen LogP contribution < -0.4 is 10.5 Å². The monoisotopic (exact) mass is 419 g/mol. The zero-order valence-corrected chi connectivity index (χ0v) is 16.3. The summed E-state index contributed by atoms with van der Waals surface area (Å²) in [5.74, 6) is -0.766. The van der Waals surface area contributed by atoms with Crippen LogP contribution in [0.2, 0.25) is 5.02 Å². The number of benzene rings is 1. The molecule has 152 valence electrons. The van der Waals surface area contributed by atoms with Crippen molar-refractivity contribution in [3.8, 4) is 17.3 Å². The first-order chi connectivity index (χ1) is 13.9. The molecule has 0 fully saturated rings. The summed E-state index contributed by atoms with van der Waals surface area (Å²) < 4.78 is 24.1. The smallest absolute Gasteiger partial charge is 0.307 e. The number of carbonyl (C=O) groups excluding carboxylic acids is 1. The van der Waals surface area contributed by atoms with E-state index >= 15 is 0 Å². The molecule has 0 saturated heterocycles. The molecule has 29 heavy (non-hydrogen) atoms. The first-order valence-corrected chi connectivity index (χ1v) is 9.24. The van der Waals surface area contributed by atoms with E-state index in [9.17, 15) is 9.18 Å². The van der Waals surface area contributed by atoms with Gasteiger partial charge in [0.25, 0.3) is 5.88 Å². The maximum Gasteiger partial charge on any atom is 0.307 e. The van der Waals surface area contributed by atoms with Gasteiger partial charge in [-0.3, -0.25) is 4.79 Å². The number of nitrogens with two attached hydrogens (primary N) is 1. The number of pyridine rings is 1. The Morgan fingerprint density at radius 1 is 1.31 bits per heavy atom. The average molecular weight is 420 g/mol. The summed E-state index contributed by atoms with van der Waals surface area (Å²) in [4.78, 5) is 16.7. The Bertz CT molecular complexity index is 980. The van der Waals surface area contributed by atoms with E-state index in [0.29, 0.717) is 30.2 Å². The number of hydrogen-bond acceptors (Lipinski definition) is 7. The van der Waals surface area contributed by atoms with Gasteiger partial charge in [-0.25, -0.2) is 9.37 Å². The molecular formula is C19H19ClFN5O3. The van der Waals surface area contributed by atoms with Gasteiger partial charge in [-0.05, 0) is 37.3 Å². The maximum atomic E-state index is 13.8. The predicted molar refractivity (Wildman–Crippen MR) is 104 cm³/mol. The molecule has 0 amide bonds. The molecule has 10 heteroatoms. The molecule has 8 nitrogen and oxygen atoms in total. The van der Waals surface area contributed by atoms with Gasteiger partial charge in [0.15, 0.2) is 5.82 Å². The van der Waals surface area contributed by atoms with Crippen molar-refractivity contribution in [3.63, 3.8) is 0 Å². The van der Waals surface area contributed by atoms with E-state index in [1.807, 2.05) is 0 Å². The van der Waals surface area contributed by atoms with Crippen molar-refractivity contribution in [3.05, 3.63) is 59.3 Å². The van der Waals surface area contributed by atoms with Crippen molar-refractivity contribution in [1.29, 1.82) is 0 Å². The lowest BCUT2D eigenvalue weighted by Gasteiger charge is -2.08. The number of esters is 1. The van der Waals surface area contributed by atoms with Crippen LogP contribution in [0.5, 0.6) is 11.6 Å². The zero-order valence-electron chi connectivity index (χ0n) is 15.6. The first kappa shape index (κ1) is 20.7. The quantitative estimate of drug-likeness (QED) is 0.559. The van der Waals surface area contributed by atoms with Gasteiger partial charge in [0, 0.05) is 18.7 Å². The van der Waals surface area contributed by atoms with E-state index in [2.05, 4.69) is 15.2 Å². The molecule has 2 N–H and O–H groups in total. The van der Waals surface area contributed by atoms with Gasteiger partial charge >= 0.3 is 5.97 Å². The van der Waals surface area contributed by atoms with Crippen molar-refractivity contribution >= 4 is 17.6 Å². The second-order valence-electron chi connectivity index (χ2n) is 6.14. The van der Waals surface area contributed by atoms with Gasteiger partial charge in [0.2, 0.25) is 0 Å². The number of nitrogens with zero attached hydrogens (tertiary/aromatic N) is 4. The lowest BCUT2D eigenvalue weighted by molar-refractivity contribution is -0.143. The van der Waals surface area contributed by atoms with Crippen LogP contribution in [0.3, 0.4) is 0 Å². The van der Waals surface area contributed by atoms with Gasteiger partial charge in [0.1, 0.15) is 5.75 Å². The lowest BCUT2D eigenvalue weighted by Crippen LogP contribution is -2.27.